The van der Waals surface area contributed by atoms with E-state index in [9.17, 15) is 9.59 Å². The number of carbonyl (C=O) groups is 2. The maximum Gasteiger partial charge on any atom is 0.263 e. The summed E-state index contributed by atoms with van der Waals surface area (Å²) in [4.78, 5) is 26.4. The summed E-state index contributed by atoms with van der Waals surface area (Å²) in [5.41, 5.74) is 1.72. The van der Waals surface area contributed by atoms with Crippen LogP contribution in [-0.4, -0.2) is 31.8 Å². The van der Waals surface area contributed by atoms with Crippen LogP contribution in [0.2, 0.25) is 0 Å². The minimum Gasteiger partial charge on any atom is -0.496 e. The minimum absolute atomic E-state index is 0.102. The molecule has 0 aliphatic carbocycles. The molecule has 34 heavy (non-hydrogen) atoms. The molecule has 4 aromatic rings. The quantitative estimate of drug-likeness (QED) is 0.315. The zero-order valence-electron chi connectivity index (χ0n) is 18.8. The number of amides is 2. The lowest BCUT2D eigenvalue weighted by atomic mass is 10.1. The summed E-state index contributed by atoms with van der Waals surface area (Å²) in [6.07, 6.45) is 0. The number of thioether (sulfide) groups is 1. The van der Waals surface area contributed by atoms with Crippen LogP contribution in [0.3, 0.4) is 0 Å². The highest BCUT2D eigenvalue weighted by atomic mass is 32.2. The molecule has 0 saturated carbocycles. The predicted molar refractivity (Wildman–Crippen MR) is 137 cm³/mol. The van der Waals surface area contributed by atoms with E-state index in [-0.39, 0.29) is 17.6 Å². The van der Waals surface area contributed by atoms with Crippen molar-refractivity contribution >= 4 is 45.7 Å². The number of hydrogen-bond acceptors (Lipinski definition) is 5. The van der Waals surface area contributed by atoms with Gasteiger partial charge in [0.2, 0.25) is 5.91 Å². The lowest BCUT2D eigenvalue weighted by molar-refractivity contribution is -0.113. The smallest absolute Gasteiger partial charge is 0.263 e. The fourth-order valence-corrected chi connectivity index (χ4v) is 4.36. The van der Waals surface area contributed by atoms with Gasteiger partial charge in [-0.3, -0.25) is 9.59 Å². The number of anilines is 2. The summed E-state index contributed by atoms with van der Waals surface area (Å²) in [7, 11) is 3.01. The highest BCUT2D eigenvalue weighted by Gasteiger charge is 2.18. The molecule has 0 fully saturated rings. The van der Waals surface area contributed by atoms with Crippen molar-refractivity contribution in [3.05, 3.63) is 90.5 Å². The van der Waals surface area contributed by atoms with Gasteiger partial charge in [0, 0.05) is 21.7 Å². The van der Waals surface area contributed by atoms with Crippen LogP contribution >= 0.6 is 11.8 Å². The van der Waals surface area contributed by atoms with Crippen molar-refractivity contribution in [2.45, 2.75) is 4.90 Å². The Hall–Kier alpha value is -3.97. The lowest BCUT2D eigenvalue weighted by Crippen LogP contribution is -2.15. The fraction of sp³-hybridized carbons (Fsp3) is 0.111. The Balaban J connectivity index is 1.41. The van der Waals surface area contributed by atoms with Gasteiger partial charge in [-0.2, -0.15) is 0 Å². The number of fused-ring (bicyclic) bond motifs is 1. The Kier molecular flexibility index (Phi) is 7.34. The molecule has 0 aliphatic heterocycles. The number of carbonyl (C=O) groups excluding carboxylic acids is 2. The van der Waals surface area contributed by atoms with Gasteiger partial charge in [0.05, 0.1) is 20.0 Å². The van der Waals surface area contributed by atoms with E-state index in [1.165, 1.54) is 26.0 Å². The number of methoxy groups -OCH3 is 2. The Morgan fingerprint density at radius 2 is 1.47 bits per heavy atom. The van der Waals surface area contributed by atoms with E-state index in [2.05, 4.69) is 10.6 Å². The van der Waals surface area contributed by atoms with E-state index in [1.807, 2.05) is 60.7 Å². The van der Waals surface area contributed by atoms with Crippen LogP contribution < -0.4 is 20.1 Å². The van der Waals surface area contributed by atoms with E-state index in [0.29, 0.717) is 22.7 Å². The van der Waals surface area contributed by atoms with Crippen molar-refractivity contribution in [1.82, 2.24) is 0 Å². The number of benzene rings is 4. The first kappa shape index (κ1) is 23.2. The number of hydrogen-bond donors (Lipinski definition) is 2. The summed E-state index contributed by atoms with van der Waals surface area (Å²) in [6.45, 7) is 0. The zero-order valence-corrected chi connectivity index (χ0v) is 19.6. The van der Waals surface area contributed by atoms with Crippen LogP contribution in [-0.2, 0) is 4.79 Å². The van der Waals surface area contributed by atoms with Crippen molar-refractivity contribution in [2.24, 2.45) is 0 Å². The topological polar surface area (TPSA) is 76.7 Å². The van der Waals surface area contributed by atoms with Gasteiger partial charge in [-0.05, 0) is 41.8 Å². The largest absolute Gasteiger partial charge is 0.496 e. The number of nitrogens with one attached hydrogen (secondary N) is 2. The van der Waals surface area contributed by atoms with Crippen molar-refractivity contribution in [3.8, 4) is 11.5 Å². The zero-order chi connectivity index (χ0) is 23.9. The van der Waals surface area contributed by atoms with Gasteiger partial charge in [-0.25, -0.2) is 0 Å². The highest BCUT2D eigenvalue weighted by molar-refractivity contribution is 8.00. The van der Waals surface area contributed by atoms with Crippen molar-refractivity contribution in [2.75, 3.05) is 30.6 Å². The first-order valence-electron chi connectivity index (χ1n) is 10.6. The Labute approximate surface area is 202 Å². The molecule has 0 saturated heterocycles. The van der Waals surface area contributed by atoms with Gasteiger partial charge in [-0.15, -0.1) is 11.8 Å². The molecular formula is C27H24N2O4S. The SMILES string of the molecule is COc1cccc(OC)c1C(=O)Nc1cccc(SCC(=O)Nc2cccc3ccccc23)c1. The number of ether oxygens (including phenoxy) is 2. The third-order valence-corrected chi connectivity index (χ3v) is 6.17. The fourth-order valence-electron chi connectivity index (χ4n) is 3.60. The van der Waals surface area contributed by atoms with Crippen LogP contribution in [0.5, 0.6) is 11.5 Å². The van der Waals surface area contributed by atoms with Gasteiger partial charge in [0.25, 0.3) is 5.91 Å². The third kappa shape index (κ3) is 5.32. The molecule has 4 aromatic carbocycles. The van der Waals surface area contributed by atoms with Gasteiger partial charge in [-0.1, -0.05) is 48.5 Å². The predicted octanol–water partition coefficient (Wildman–Crippen LogP) is 5.84. The molecule has 0 aromatic heterocycles. The average Bonchev–Trinajstić information content (AvgIpc) is 2.87. The lowest BCUT2D eigenvalue weighted by Gasteiger charge is -2.13. The maximum absolute atomic E-state index is 12.9. The molecular weight excluding hydrogens is 448 g/mol. The highest BCUT2D eigenvalue weighted by Crippen LogP contribution is 2.30. The van der Waals surface area contributed by atoms with Crippen molar-refractivity contribution < 1.29 is 19.1 Å². The van der Waals surface area contributed by atoms with Gasteiger partial charge in [0.1, 0.15) is 17.1 Å². The van der Waals surface area contributed by atoms with E-state index in [0.717, 1.165) is 21.4 Å². The second-order valence-corrected chi connectivity index (χ2v) is 8.43. The van der Waals surface area contributed by atoms with Crippen molar-refractivity contribution in [1.29, 1.82) is 0 Å². The molecule has 172 valence electrons. The summed E-state index contributed by atoms with van der Waals surface area (Å²) in [5.74, 6) is 0.640. The van der Waals surface area contributed by atoms with Crippen LogP contribution in [0.25, 0.3) is 10.8 Å². The summed E-state index contributed by atoms with van der Waals surface area (Å²) >= 11 is 1.39. The summed E-state index contributed by atoms with van der Waals surface area (Å²) in [5, 5.41) is 7.95. The van der Waals surface area contributed by atoms with Gasteiger partial charge in [0.15, 0.2) is 0 Å². The van der Waals surface area contributed by atoms with E-state index in [1.54, 1.807) is 24.3 Å². The molecule has 2 amide bonds. The Bertz CT molecular complexity index is 1310. The second kappa shape index (κ2) is 10.8. The van der Waals surface area contributed by atoms with Crippen LogP contribution in [0.1, 0.15) is 10.4 Å². The van der Waals surface area contributed by atoms with Crippen LogP contribution in [0.15, 0.2) is 89.8 Å². The molecule has 7 heteroatoms. The minimum atomic E-state index is -0.342. The maximum atomic E-state index is 12.9. The molecule has 0 heterocycles. The normalized spacial score (nSPS) is 10.5. The van der Waals surface area contributed by atoms with Gasteiger partial charge >= 0.3 is 0 Å². The molecule has 0 spiro atoms. The molecule has 4 rings (SSSR count). The van der Waals surface area contributed by atoms with Crippen LogP contribution in [0, 0.1) is 0 Å². The second-order valence-electron chi connectivity index (χ2n) is 7.38. The first-order valence-corrected chi connectivity index (χ1v) is 11.6. The molecule has 0 bridgehead atoms. The monoisotopic (exact) mass is 472 g/mol. The van der Waals surface area contributed by atoms with E-state index in [4.69, 9.17) is 9.47 Å². The average molecular weight is 473 g/mol. The number of rotatable bonds is 8. The molecule has 0 radical (unpaired) electrons. The van der Waals surface area contributed by atoms with Crippen molar-refractivity contribution in [3.63, 3.8) is 0 Å². The summed E-state index contributed by atoms with van der Waals surface area (Å²) < 4.78 is 10.6. The first-order chi connectivity index (χ1) is 16.6. The van der Waals surface area contributed by atoms with E-state index >= 15 is 0 Å². The molecule has 2 N–H and O–H groups in total. The third-order valence-electron chi connectivity index (χ3n) is 5.18. The summed E-state index contributed by atoms with van der Waals surface area (Å²) in [6, 6.07) is 26.3. The Morgan fingerprint density at radius 3 is 2.24 bits per heavy atom. The van der Waals surface area contributed by atoms with Crippen LogP contribution in [0.4, 0.5) is 11.4 Å². The Morgan fingerprint density at radius 1 is 0.794 bits per heavy atom. The molecule has 0 unspecified atom stereocenters. The standard InChI is InChI=1S/C27H24N2O4S/c1-32-23-14-7-15-24(33-2)26(23)27(31)28-19-10-6-11-20(16-19)34-17-25(30)29-22-13-5-9-18-8-3-4-12-21(18)22/h3-16H,17H2,1-2H3,(H,28,31)(H,29,30). The molecule has 0 atom stereocenters. The molecule has 6 nitrogen and oxygen atoms in total. The molecule has 0 aliphatic rings. The van der Waals surface area contributed by atoms with E-state index < -0.39 is 0 Å². The van der Waals surface area contributed by atoms with Gasteiger partial charge < -0.3 is 20.1 Å².